The third-order valence-corrected chi connectivity index (χ3v) is 3.38. The Hall–Kier alpha value is -2.60. The highest BCUT2D eigenvalue weighted by Gasteiger charge is 2.22. The zero-order chi connectivity index (χ0) is 16.1. The van der Waals surface area contributed by atoms with Crippen molar-refractivity contribution in [2.45, 2.75) is 12.5 Å². The Morgan fingerprint density at radius 1 is 1.14 bits per heavy atom. The molecule has 2 aromatic carbocycles. The van der Waals surface area contributed by atoms with Crippen LogP contribution in [0, 0.1) is 10.1 Å². The van der Waals surface area contributed by atoms with E-state index in [1.807, 2.05) is 18.2 Å². The molecule has 0 amide bonds. The highest BCUT2D eigenvalue weighted by atomic mass is 16.6. The van der Waals surface area contributed by atoms with Crippen molar-refractivity contribution in [3.8, 4) is 11.5 Å². The van der Waals surface area contributed by atoms with Crippen LogP contribution in [0.15, 0.2) is 42.5 Å². The smallest absolute Gasteiger partial charge is 0.276 e. The first kappa shape index (κ1) is 15.8. The second-order valence-electron chi connectivity index (χ2n) is 4.72. The monoisotopic (exact) mass is 303 g/mol. The van der Waals surface area contributed by atoms with Crippen LogP contribution in [0.5, 0.6) is 11.5 Å². The summed E-state index contributed by atoms with van der Waals surface area (Å²) in [5.41, 5.74) is 0.984. The molecule has 6 heteroatoms. The second-order valence-corrected chi connectivity index (χ2v) is 4.72. The Kier molecular flexibility index (Phi) is 4.95. The average Bonchev–Trinajstić information content (AvgIpc) is 2.54. The average molecular weight is 303 g/mol. The third kappa shape index (κ3) is 3.35. The van der Waals surface area contributed by atoms with Gasteiger partial charge in [-0.3, -0.25) is 10.1 Å². The molecule has 0 saturated carbocycles. The van der Waals surface area contributed by atoms with Crippen LogP contribution >= 0.6 is 0 Å². The molecule has 0 saturated heterocycles. The number of ether oxygens (including phenoxy) is 2. The fourth-order valence-corrected chi connectivity index (χ4v) is 2.25. The van der Waals surface area contributed by atoms with Crippen LogP contribution < -0.4 is 9.47 Å². The minimum atomic E-state index is -0.835. The molecule has 6 nitrogen and oxygen atoms in total. The summed E-state index contributed by atoms with van der Waals surface area (Å²) in [7, 11) is 2.88. The van der Waals surface area contributed by atoms with E-state index in [1.54, 1.807) is 12.1 Å². The van der Waals surface area contributed by atoms with E-state index in [-0.39, 0.29) is 17.9 Å². The molecule has 0 aliphatic rings. The van der Waals surface area contributed by atoms with Gasteiger partial charge >= 0.3 is 0 Å². The summed E-state index contributed by atoms with van der Waals surface area (Å²) < 4.78 is 10.2. The van der Waals surface area contributed by atoms with Crippen molar-refractivity contribution < 1.29 is 19.5 Å². The molecule has 0 bridgehead atoms. The summed E-state index contributed by atoms with van der Waals surface area (Å²) in [4.78, 5) is 10.7. The Labute approximate surface area is 128 Å². The molecule has 0 fully saturated rings. The van der Waals surface area contributed by atoms with E-state index in [2.05, 4.69) is 0 Å². The lowest BCUT2D eigenvalue weighted by molar-refractivity contribution is -0.385. The molecule has 116 valence electrons. The molecule has 22 heavy (non-hydrogen) atoms. The lowest BCUT2D eigenvalue weighted by Crippen LogP contribution is -2.05. The Bertz CT molecular complexity index is 657. The minimum absolute atomic E-state index is 0.104. The number of benzene rings is 2. The van der Waals surface area contributed by atoms with Gasteiger partial charge in [0.05, 0.1) is 31.3 Å². The van der Waals surface area contributed by atoms with Gasteiger partial charge in [0.25, 0.3) is 5.69 Å². The molecule has 1 unspecified atom stereocenters. The molecule has 1 N–H and O–H groups in total. The molecular formula is C16H17NO5. The van der Waals surface area contributed by atoms with Crippen molar-refractivity contribution in [2.75, 3.05) is 14.2 Å². The van der Waals surface area contributed by atoms with E-state index in [1.165, 1.54) is 26.4 Å². The van der Waals surface area contributed by atoms with Crippen molar-refractivity contribution in [1.82, 2.24) is 0 Å². The summed E-state index contributed by atoms with van der Waals surface area (Å²) in [6.07, 6.45) is -0.723. The van der Waals surface area contributed by atoms with E-state index in [0.717, 1.165) is 0 Å². The molecule has 2 rings (SSSR count). The van der Waals surface area contributed by atoms with Gasteiger partial charge in [0, 0.05) is 12.0 Å². The van der Waals surface area contributed by atoms with E-state index >= 15 is 0 Å². The molecule has 1 atom stereocenters. The lowest BCUT2D eigenvalue weighted by atomic mass is 9.99. The van der Waals surface area contributed by atoms with Gasteiger partial charge in [0.1, 0.15) is 0 Å². The summed E-state index contributed by atoms with van der Waals surface area (Å²) >= 11 is 0. The molecule has 0 aliphatic carbocycles. The Morgan fingerprint density at radius 3 is 2.27 bits per heavy atom. The molecule has 2 aromatic rings. The van der Waals surface area contributed by atoms with Gasteiger partial charge in [-0.05, 0) is 11.6 Å². The van der Waals surface area contributed by atoms with Gasteiger partial charge in [0.15, 0.2) is 11.5 Å². The standard InChI is InChI=1S/C16H17NO5/c1-21-15-9-12(13(17(19)20)10-16(15)22-2)8-14(18)11-6-4-3-5-7-11/h3-7,9-10,14,18H,8H2,1-2H3. The number of nitro groups is 1. The largest absolute Gasteiger partial charge is 0.493 e. The maximum Gasteiger partial charge on any atom is 0.276 e. The SMILES string of the molecule is COc1cc(CC(O)c2ccccc2)c([N+](=O)[O-])cc1OC. The number of hydrogen-bond acceptors (Lipinski definition) is 5. The van der Waals surface area contributed by atoms with Gasteiger partial charge in [-0.1, -0.05) is 30.3 Å². The fourth-order valence-electron chi connectivity index (χ4n) is 2.25. The van der Waals surface area contributed by atoms with Crippen LogP contribution in [0.1, 0.15) is 17.2 Å². The number of hydrogen-bond donors (Lipinski definition) is 1. The maximum atomic E-state index is 11.2. The van der Waals surface area contributed by atoms with E-state index in [4.69, 9.17) is 9.47 Å². The number of nitro benzene ring substituents is 1. The van der Waals surface area contributed by atoms with E-state index in [0.29, 0.717) is 16.9 Å². The number of nitrogens with zero attached hydrogens (tertiary/aromatic N) is 1. The summed E-state index contributed by atoms with van der Waals surface area (Å²) in [5.74, 6) is 0.676. The van der Waals surface area contributed by atoms with Gasteiger partial charge < -0.3 is 14.6 Å². The first-order chi connectivity index (χ1) is 10.6. The van der Waals surface area contributed by atoms with Crippen molar-refractivity contribution in [2.24, 2.45) is 0 Å². The predicted octanol–water partition coefficient (Wildman–Crippen LogP) is 2.89. The highest BCUT2D eigenvalue weighted by Crippen LogP contribution is 2.36. The van der Waals surface area contributed by atoms with Gasteiger partial charge in [-0.2, -0.15) is 0 Å². The highest BCUT2D eigenvalue weighted by molar-refractivity contribution is 5.54. The number of aliphatic hydroxyl groups excluding tert-OH is 1. The van der Waals surface area contributed by atoms with Crippen LogP contribution in [0.3, 0.4) is 0 Å². The zero-order valence-corrected chi connectivity index (χ0v) is 12.4. The van der Waals surface area contributed by atoms with Crippen molar-refractivity contribution in [3.63, 3.8) is 0 Å². The van der Waals surface area contributed by atoms with Crippen LogP contribution in [0.2, 0.25) is 0 Å². The minimum Gasteiger partial charge on any atom is -0.493 e. The van der Waals surface area contributed by atoms with Gasteiger partial charge in [-0.25, -0.2) is 0 Å². The molecule has 0 aromatic heterocycles. The predicted molar refractivity (Wildman–Crippen MR) is 81.3 cm³/mol. The summed E-state index contributed by atoms with van der Waals surface area (Å²) in [6.45, 7) is 0. The molecule has 0 spiro atoms. The lowest BCUT2D eigenvalue weighted by Gasteiger charge is -2.14. The van der Waals surface area contributed by atoms with Gasteiger partial charge in [-0.15, -0.1) is 0 Å². The Balaban J connectivity index is 2.38. The normalized spacial score (nSPS) is 11.8. The van der Waals surface area contributed by atoms with Crippen molar-refractivity contribution >= 4 is 5.69 Å². The van der Waals surface area contributed by atoms with Crippen LogP contribution in [0.25, 0.3) is 0 Å². The first-order valence-corrected chi connectivity index (χ1v) is 6.69. The van der Waals surface area contributed by atoms with E-state index < -0.39 is 11.0 Å². The summed E-state index contributed by atoms with van der Waals surface area (Å²) in [6, 6.07) is 11.8. The molecule has 0 aliphatic heterocycles. The van der Waals surface area contributed by atoms with Crippen molar-refractivity contribution in [1.29, 1.82) is 0 Å². The van der Waals surface area contributed by atoms with Crippen LogP contribution in [-0.4, -0.2) is 24.2 Å². The van der Waals surface area contributed by atoms with Crippen molar-refractivity contribution in [3.05, 3.63) is 63.7 Å². The first-order valence-electron chi connectivity index (χ1n) is 6.69. The molecular weight excluding hydrogens is 286 g/mol. The Morgan fingerprint density at radius 2 is 1.73 bits per heavy atom. The molecule has 0 radical (unpaired) electrons. The maximum absolute atomic E-state index is 11.2. The number of methoxy groups -OCH3 is 2. The van der Waals surface area contributed by atoms with Gasteiger partial charge in [0.2, 0.25) is 0 Å². The second kappa shape index (κ2) is 6.91. The topological polar surface area (TPSA) is 81.8 Å². The zero-order valence-electron chi connectivity index (χ0n) is 12.4. The van der Waals surface area contributed by atoms with E-state index in [9.17, 15) is 15.2 Å². The van der Waals surface area contributed by atoms with Crippen LogP contribution in [-0.2, 0) is 6.42 Å². The fraction of sp³-hybridized carbons (Fsp3) is 0.250. The number of rotatable bonds is 6. The van der Waals surface area contributed by atoms with Crippen LogP contribution in [0.4, 0.5) is 5.69 Å². The third-order valence-electron chi connectivity index (χ3n) is 3.38. The summed E-state index contributed by atoms with van der Waals surface area (Å²) in [5, 5.41) is 21.5. The molecule has 0 heterocycles. The quantitative estimate of drug-likeness (QED) is 0.655. The number of aliphatic hydroxyl groups is 1.